The summed E-state index contributed by atoms with van der Waals surface area (Å²) in [5.74, 6) is 0.832. The number of ether oxygens (including phenoxy) is 2. The molecular weight excluding hydrogens is 248 g/mol. The van der Waals surface area contributed by atoms with Crippen LogP contribution >= 0.6 is 0 Å². The van der Waals surface area contributed by atoms with E-state index in [4.69, 9.17) is 9.47 Å². The minimum Gasteiger partial charge on any atom is -0.389 e. The van der Waals surface area contributed by atoms with E-state index in [2.05, 4.69) is 15.5 Å². The second-order valence-electron chi connectivity index (χ2n) is 4.64. The molecule has 1 atom stereocenters. The fourth-order valence-electron chi connectivity index (χ4n) is 1.44. The van der Waals surface area contributed by atoms with E-state index in [0.29, 0.717) is 32.9 Å². The maximum atomic E-state index is 9.68. The molecule has 7 nitrogen and oxygen atoms in total. The zero-order valence-electron chi connectivity index (χ0n) is 11.9. The van der Waals surface area contributed by atoms with Crippen LogP contribution in [0.15, 0.2) is 6.33 Å². The number of aromatic nitrogens is 3. The molecule has 2 N–H and O–H groups in total. The lowest BCUT2D eigenvalue weighted by atomic mass is 10.3. The molecule has 0 fully saturated rings. The van der Waals surface area contributed by atoms with Crippen molar-refractivity contribution in [2.24, 2.45) is 7.05 Å². The highest BCUT2D eigenvalue weighted by atomic mass is 16.5. The van der Waals surface area contributed by atoms with Crippen molar-refractivity contribution in [2.75, 3.05) is 26.4 Å². The summed E-state index contributed by atoms with van der Waals surface area (Å²) in [4.78, 5) is 0. The van der Waals surface area contributed by atoms with Crippen LogP contribution in [0.25, 0.3) is 0 Å². The molecule has 0 amide bonds. The Hall–Kier alpha value is -1.02. The first-order chi connectivity index (χ1) is 9.09. The zero-order valence-corrected chi connectivity index (χ0v) is 11.9. The molecule has 0 aliphatic rings. The van der Waals surface area contributed by atoms with Crippen LogP contribution in [-0.4, -0.2) is 58.4 Å². The van der Waals surface area contributed by atoms with E-state index in [1.807, 2.05) is 25.5 Å². The molecule has 1 aromatic rings. The summed E-state index contributed by atoms with van der Waals surface area (Å²) < 4.78 is 12.5. The predicted octanol–water partition coefficient (Wildman–Crippen LogP) is -0.293. The van der Waals surface area contributed by atoms with Crippen LogP contribution in [0.2, 0.25) is 0 Å². The number of hydrogen-bond acceptors (Lipinski definition) is 6. The highest BCUT2D eigenvalue weighted by Gasteiger charge is 2.05. The van der Waals surface area contributed by atoms with Crippen LogP contribution in [-0.2, 0) is 23.1 Å². The molecule has 0 aliphatic heterocycles. The van der Waals surface area contributed by atoms with Gasteiger partial charge in [0.05, 0.1) is 38.6 Å². The molecule has 1 heterocycles. The third kappa shape index (κ3) is 7.22. The molecule has 0 bridgehead atoms. The molecule has 0 saturated carbocycles. The van der Waals surface area contributed by atoms with Gasteiger partial charge in [-0.3, -0.25) is 0 Å². The number of nitrogens with one attached hydrogen (secondary N) is 1. The van der Waals surface area contributed by atoms with Gasteiger partial charge in [0.25, 0.3) is 0 Å². The largest absolute Gasteiger partial charge is 0.389 e. The molecule has 1 rings (SSSR count). The van der Waals surface area contributed by atoms with E-state index in [9.17, 15) is 5.11 Å². The second kappa shape index (κ2) is 8.98. The van der Waals surface area contributed by atoms with Gasteiger partial charge < -0.3 is 24.5 Å². The van der Waals surface area contributed by atoms with Crippen molar-refractivity contribution >= 4 is 0 Å². The average Bonchev–Trinajstić information content (AvgIpc) is 2.74. The van der Waals surface area contributed by atoms with Gasteiger partial charge in [-0.15, -0.1) is 10.2 Å². The van der Waals surface area contributed by atoms with E-state index in [1.54, 1.807) is 6.33 Å². The first-order valence-corrected chi connectivity index (χ1v) is 6.50. The maximum Gasteiger partial charge on any atom is 0.146 e. The molecule has 110 valence electrons. The van der Waals surface area contributed by atoms with Crippen molar-refractivity contribution in [3.8, 4) is 0 Å². The number of nitrogens with zero attached hydrogens (tertiary/aromatic N) is 3. The fourth-order valence-corrected chi connectivity index (χ4v) is 1.44. The topological polar surface area (TPSA) is 81.4 Å². The summed E-state index contributed by atoms with van der Waals surface area (Å²) in [5.41, 5.74) is 0. The smallest absolute Gasteiger partial charge is 0.146 e. The summed E-state index contributed by atoms with van der Waals surface area (Å²) >= 11 is 0. The monoisotopic (exact) mass is 272 g/mol. The van der Waals surface area contributed by atoms with Gasteiger partial charge in [-0.1, -0.05) is 0 Å². The Morgan fingerprint density at radius 1 is 1.42 bits per heavy atom. The van der Waals surface area contributed by atoms with E-state index >= 15 is 0 Å². The Balaban J connectivity index is 1.99. The molecule has 7 heteroatoms. The second-order valence-corrected chi connectivity index (χ2v) is 4.64. The van der Waals surface area contributed by atoms with Gasteiger partial charge in [0.1, 0.15) is 12.2 Å². The summed E-state index contributed by atoms with van der Waals surface area (Å²) in [6, 6.07) is 0. The summed E-state index contributed by atoms with van der Waals surface area (Å²) in [6.07, 6.45) is 1.32. The van der Waals surface area contributed by atoms with Gasteiger partial charge in [0.15, 0.2) is 0 Å². The Morgan fingerprint density at radius 3 is 2.84 bits per heavy atom. The molecule has 1 unspecified atom stereocenters. The van der Waals surface area contributed by atoms with E-state index in [0.717, 1.165) is 5.82 Å². The van der Waals surface area contributed by atoms with Crippen molar-refractivity contribution in [1.82, 2.24) is 20.1 Å². The number of aliphatic hydroxyl groups is 1. The summed E-state index contributed by atoms with van der Waals surface area (Å²) in [6.45, 7) is 6.33. The normalized spacial score (nSPS) is 13.1. The molecule has 0 aromatic carbocycles. The van der Waals surface area contributed by atoms with Gasteiger partial charge in [0, 0.05) is 13.6 Å². The number of aliphatic hydroxyl groups excluding tert-OH is 1. The molecular formula is C12H24N4O3. The highest BCUT2D eigenvalue weighted by Crippen LogP contribution is 1.92. The zero-order chi connectivity index (χ0) is 14.1. The minimum atomic E-state index is -0.535. The first kappa shape index (κ1) is 16.0. The number of hydrogen-bond donors (Lipinski definition) is 2. The third-order valence-corrected chi connectivity index (χ3v) is 2.46. The molecule has 0 saturated heterocycles. The van der Waals surface area contributed by atoms with Crippen LogP contribution < -0.4 is 5.32 Å². The van der Waals surface area contributed by atoms with Crippen LogP contribution in [0.3, 0.4) is 0 Å². The van der Waals surface area contributed by atoms with Gasteiger partial charge in [-0.25, -0.2) is 0 Å². The van der Waals surface area contributed by atoms with Gasteiger partial charge in [-0.05, 0) is 13.8 Å². The summed E-state index contributed by atoms with van der Waals surface area (Å²) in [5, 5.41) is 20.5. The Labute approximate surface area is 113 Å². The van der Waals surface area contributed by atoms with Crippen LogP contribution in [0, 0.1) is 0 Å². The van der Waals surface area contributed by atoms with Crippen molar-refractivity contribution < 1.29 is 14.6 Å². The minimum absolute atomic E-state index is 0.210. The number of aryl methyl sites for hydroxylation is 1. The van der Waals surface area contributed by atoms with E-state index in [1.165, 1.54) is 0 Å². The quantitative estimate of drug-likeness (QED) is 0.570. The molecule has 0 aliphatic carbocycles. The van der Waals surface area contributed by atoms with Gasteiger partial charge >= 0.3 is 0 Å². The predicted molar refractivity (Wildman–Crippen MR) is 70.6 cm³/mol. The molecule has 0 spiro atoms. The van der Waals surface area contributed by atoms with Crippen LogP contribution in [0.1, 0.15) is 19.7 Å². The fraction of sp³-hybridized carbons (Fsp3) is 0.833. The van der Waals surface area contributed by atoms with Crippen molar-refractivity contribution in [2.45, 2.75) is 32.6 Å². The Bertz CT molecular complexity index is 343. The number of rotatable bonds is 10. The Morgan fingerprint density at radius 2 is 2.21 bits per heavy atom. The van der Waals surface area contributed by atoms with Crippen molar-refractivity contribution in [3.05, 3.63) is 12.2 Å². The Kier molecular flexibility index (Phi) is 7.57. The molecule has 0 radical (unpaired) electrons. The standard InChI is InChI=1S/C12H24N4O3/c1-10(2)19-5-4-18-8-11(17)6-13-7-12-15-14-9-16(12)3/h9-11,13,17H,4-8H2,1-3H3. The van der Waals surface area contributed by atoms with Crippen LogP contribution in [0.5, 0.6) is 0 Å². The highest BCUT2D eigenvalue weighted by molar-refractivity contribution is 4.83. The van der Waals surface area contributed by atoms with Crippen molar-refractivity contribution in [3.63, 3.8) is 0 Å². The van der Waals surface area contributed by atoms with Crippen molar-refractivity contribution in [1.29, 1.82) is 0 Å². The maximum absolute atomic E-state index is 9.68. The van der Waals surface area contributed by atoms with Gasteiger partial charge in [-0.2, -0.15) is 0 Å². The summed E-state index contributed by atoms with van der Waals surface area (Å²) in [7, 11) is 1.88. The lowest BCUT2D eigenvalue weighted by Gasteiger charge is -2.13. The van der Waals surface area contributed by atoms with E-state index in [-0.39, 0.29) is 6.10 Å². The van der Waals surface area contributed by atoms with E-state index < -0.39 is 6.10 Å². The SMILES string of the molecule is CC(C)OCCOCC(O)CNCc1nncn1C. The van der Waals surface area contributed by atoms with Crippen LogP contribution in [0.4, 0.5) is 0 Å². The lowest BCUT2D eigenvalue weighted by Crippen LogP contribution is -2.31. The lowest BCUT2D eigenvalue weighted by molar-refractivity contribution is -0.0100. The van der Waals surface area contributed by atoms with Gasteiger partial charge in [0.2, 0.25) is 0 Å². The first-order valence-electron chi connectivity index (χ1n) is 6.50. The molecule has 19 heavy (non-hydrogen) atoms. The average molecular weight is 272 g/mol. The third-order valence-electron chi connectivity index (χ3n) is 2.46. The molecule has 1 aromatic heterocycles.